The lowest BCUT2D eigenvalue weighted by molar-refractivity contribution is -0.129. The van der Waals surface area contributed by atoms with Crippen LogP contribution in [0.5, 0.6) is 0 Å². The van der Waals surface area contributed by atoms with E-state index in [4.69, 9.17) is 4.74 Å². The van der Waals surface area contributed by atoms with E-state index in [9.17, 15) is 18.0 Å². The molecule has 1 aliphatic carbocycles. The van der Waals surface area contributed by atoms with E-state index in [1.54, 1.807) is 0 Å². The van der Waals surface area contributed by atoms with Crippen LogP contribution in [0.1, 0.15) is 35.0 Å². The highest BCUT2D eigenvalue weighted by Gasteiger charge is 2.27. The van der Waals surface area contributed by atoms with Gasteiger partial charge < -0.3 is 10.1 Å². The van der Waals surface area contributed by atoms with Crippen LogP contribution < -0.4 is 10.0 Å². The van der Waals surface area contributed by atoms with Gasteiger partial charge in [0.1, 0.15) is 0 Å². The second-order valence-corrected chi connectivity index (χ2v) is 9.06. The molecule has 1 amide bonds. The van der Waals surface area contributed by atoms with Crippen molar-refractivity contribution >= 4 is 33.2 Å². The van der Waals surface area contributed by atoms with E-state index in [0.717, 1.165) is 17.7 Å². The molecule has 7 nitrogen and oxygen atoms in total. The summed E-state index contributed by atoms with van der Waals surface area (Å²) in [6.45, 7) is 1.66. The number of sulfonamides is 1. The van der Waals surface area contributed by atoms with Crippen molar-refractivity contribution in [3.8, 4) is 0 Å². The normalized spacial score (nSPS) is 15.1. The molecule has 0 bridgehead atoms. The molecule has 27 heavy (non-hydrogen) atoms. The summed E-state index contributed by atoms with van der Waals surface area (Å²) in [5.41, 5.74) is 0.0695. The first-order chi connectivity index (χ1) is 12.8. The third-order valence-electron chi connectivity index (χ3n) is 3.97. The van der Waals surface area contributed by atoms with E-state index >= 15 is 0 Å². The highest BCUT2D eigenvalue weighted by atomic mass is 32.2. The maximum atomic E-state index is 12.4. The number of carbonyl (C=O) groups excluding carboxylic acids is 2. The van der Waals surface area contributed by atoms with Crippen LogP contribution in [0, 0.1) is 0 Å². The summed E-state index contributed by atoms with van der Waals surface area (Å²) in [6.07, 6.45) is 0.922. The van der Waals surface area contributed by atoms with Gasteiger partial charge in [-0.05, 0) is 49.4 Å². The Hall–Kier alpha value is -2.23. The van der Waals surface area contributed by atoms with E-state index in [1.165, 1.54) is 42.5 Å². The van der Waals surface area contributed by atoms with Crippen molar-refractivity contribution in [2.45, 2.75) is 43.4 Å². The highest BCUT2D eigenvalue weighted by molar-refractivity contribution is 7.89. The summed E-state index contributed by atoms with van der Waals surface area (Å²) >= 11 is 1.45. The Labute approximate surface area is 161 Å². The fraction of sp³-hybridized carbons (Fsp3) is 0.333. The van der Waals surface area contributed by atoms with Gasteiger partial charge in [-0.15, -0.1) is 11.3 Å². The van der Waals surface area contributed by atoms with Crippen LogP contribution in [0.4, 0.5) is 0 Å². The molecule has 1 atom stereocenters. The zero-order valence-corrected chi connectivity index (χ0v) is 16.3. The van der Waals surface area contributed by atoms with Gasteiger partial charge in [-0.1, -0.05) is 12.1 Å². The van der Waals surface area contributed by atoms with Crippen molar-refractivity contribution < 1.29 is 22.7 Å². The SMILES string of the molecule is CC(OC(=O)c1cccc(S(=O)(=O)NCc2cccs2)c1)C(=O)NC1CC1. The fourth-order valence-electron chi connectivity index (χ4n) is 2.28. The van der Waals surface area contributed by atoms with Crippen LogP contribution >= 0.6 is 11.3 Å². The van der Waals surface area contributed by atoms with E-state index < -0.39 is 22.1 Å². The maximum Gasteiger partial charge on any atom is 0.338 e. The first-order valence-corrected chi connectivity index (χ1v) is 10.8. The Kier molecular flexibility index (Phi) is 5.93. The summed E-state index contributed by atoms with van der Waals surface area (Å²) in [5, 5.41) is 4.62. The third kappa shape index (κ3) is 5.38. The van der Waals surface area contributed by atoms with Gasteiger partial charge in [-0.3, -0.25) is 4.79 Å². The Morgan fingerprint density at radius 3 is 2.70 bits per heavy atom. The van der Waals surface area contributed by atoms with Gasteiger partial charge in [0, 0.05) is 17.5 Å². The Balaban J connectivity index is 1.64. The van der Waals surface area contributed by atoms with E-state index in [0.29, 0.717) is 0 Å². The first kappa shape index (κ1) is 19.5. The molecule has 0 spiro atoms. The van der Waals surface area contributed by atoms with Crippen molar-refractivity contribution in [3.63, 3.8) is 0 Å². The second-order valence-electron chi connectivity index (χ2n) is 6.26. The Morgan fingerprint density at radius 1 is 1.26 bits per heavy atom. The molecular weight excluding hydrogens is 388 g/mol. The average Bonchev–Trinajstić information content (AvgIpc) is 3.30. The minimum atomic E-state index is -3.78. The molecule has 1 fully saturated rings. The van der Waals surface area contributed by atoms with Crippen LogP contribution in [0.3, 0.4) is 0 Å². The molecule has 144 valence electrons. The first-order valence-electron chi connectivity index (χ1n) is 8.48. The van der Waals surface area contributed by atoms with Gasteiger partial charge in [-0.25, -0.2) is 17.9 Å². The zero-order valence-electron chi connectivity index (χ0n) is 14.7. The molecule has 1 aromatic carbocycles. The lowest BCUT2D eigenvalue weighted by Gasteiger charge is -2.13. The number of thiophene rings is 1. The molecule has 2 aromatic rings. The van der Waals surface area contributed by atoms with Gasteiger partial charge in [0.05, 0.1) is 10.5 Å². The molecule has 9 heteroatoms. The lowest BCUT2D eigenvalue weighted by Crippen LogP contribution is -2.37. The minimum Gasteiger partial charge on any atom is -0.449 e. The minimum absolute atomic E-state index is 0.0383. The summed E-state index contributed by atoms with van der Waals surface area (Å²) in [4.78, 5) is 25.0. The standard InChI is InChI=1S/C18H20N2O5S2/c1-12(17(21)20-14-7-8-14)25-18(22)13-4-2-6-16(10-13)27(23,24)19-11-15-5-3-9-26-15/h2-6,9-10,12,14,19H,7-8,11H2,1H3,(H,20,21). The smallest absolute Gasteiger partial charge is 0.338 e. The molecule has 0 saturated heterocycles. The number of hydrogen-bond donors (Lipinski definition) is 2. The van der Waals surface area contributed by atoms with Crippen molar-refractivity contribution in [3.05, 3.63) is 52.2 Å². The quantitative estimate of drug-likeness (QED) is 0.651. The molecule has 1 aromatic heterocycles. The van der Waals surface area contributed by atoms with E-state index in [1.807, 2.05) is 17.5 Å². The number of ether oxygens (including phenoxy) is 1. The largest absolute Gasteiger partial charge is 0.449 e. The van der Waals surface area contributed by atoms with Crippen molar-refractivity contribution in [1.82, 2.24) is 10.0 Å². The van der Waals surface area contributed by atoms with Crippen LogP contribution in [-0.2, 0) is 26.1 Å². The summed E-state index contributed by atoms with van der Waals surface area (Å²) in [7, 11) is -3.78. The summed E-state index contributed by atoms with van der Waals surface area (Å²) in [6, 6.07) is 9.39. The number of esters is 1. The fourth-order valence-corrected chi connectivity index (χ4v) is 4.07. The molecule has 0 radical (unpaired) electrons. The highest BCUT2D eigenvalue weighted by Crippen LogP contribution is 2.19. The van der Waals surface area contributed by atoms with E-state index in [2.05, 4.69) is 10.0 Å². The predicted octanol–water partition coefficient (Wildman–Crippen LogP) is 2.05. The lowest BCUT2D eigenvalue weighted by atomic mass is 10.2. The monoisotopic (exact) mass is 408 g/mol. The van der Waals surface area contributed by atoms with Gasteiger partial charge in [0.2, 0.25) is 10.0 Å². The maximum absolute atomic E-state index is 12.4. The topological polar surface area (TPSA) is 102 Å². The number of rotatable bonds is 8. The molecule has 1 heterocycles. The number of benzene rings is 1. The third-order valence-corrected chi connectivity index (χ3v) is 6.25. The molecule has 2 N–H and O–H groups in total. The molecule has 3 rings (SSSR count). The van der Waals surface area contributed by atoms with Gasteiger partial charge >= 0.3 is 5.97 Å². The summed E-state index contributed by atoms with van der Waals surface area (Å²) in [5.74, 6) is -1.10. The van der Waals surface area contributed by atoms with Crippen LogP contribution in [0.2, 0.25) is 0 Å². The van der Waals surface area contributed by atoms with E-state index in [-0.39, 0.29) is 29.0 Å². The molecule has 1 unspecified atom stereocenters. The van der Waals surface area contributed by atoms with Crippen LogP contribution in [0.15, 0.2) is 46.7 Å². The predicted molar refractivity (Wildman–Crippen MR) is 101 cm³/mol. The Morgan fingerprint density at radius 2 is 2.04 bits per heavy atom. The zero-order chi connectivity index (χ0) is 19.4. The van der Waals surface area contributed by atoms with Crippen molar-refractivity contribution in [2.24, 2.45) is 0 Å². The van der Waals surface area contributed by atoms with Gasteiger partial charge in [0.25, 0.3) is 5.91 Å². The molecule has 0 aliphatic heterocycles. The number of amides is 1. The van der Waals surface area contributed by atoms with Gasteiger partial charge in [0.15, 0.2) is 6.10 Å². The number of nitrogens with one attached hydrogen (secondary N) is 2. The van der Waals surface area contributed by atoms with Crippen molar-refractivity contribution in [1.29, 1.82) is 0 Å². The number of carbonyl (C=O) groups is 2. The second kappa shape index (κ2) is 8.20. The summed E-state index contributed by atoms with van der Waals surface area (Å²) < 4.78 is 32.5. The van der Waals surface area contributed by atoms with Crippen LogP contribution in [0.25, 0.3) is 0 Å². The molecule has 1 aliphatic rings. The average molecular weight is 409 g/mol. The Bertz CT molecular complexity index is 921. The van der Waals surface area contributed by atoms with Crippen molar-refractivity contribution in [2.75, 3.05) is 0 Å². The molecule has 1 saturated carbocycles. The molecular formula is C18H20N2O5S2. The van der Waals surface area contributed by atoms with Crippen LogP contribution in [-0.4, -0.2) is 32.4 Å². The van der Waals surface area contributed by atoms with Gasteiger partial charge in [-0.2, -0.15) is 0 Å². The number of hydrogen-bond acceptors (Lipinski definition) is 6.